The van der Waals surface area contributed by atoms with Gasteiger partial charge in [0.25, 0.3) is 20.2 Å². The van der Waals surface area contributed by atoms with Crippen molar-refractivity contribution in [2.45, 2.75) is 5.25 Å². The van der Waals surface area contributed by atoms with E-state index >= 15 is 0 Å². The normalized spacial score (nSPS) is 15.9. The lowest BCUT2D eigenvalue weighted by Gasteiger charge is -2.05. The molecule has 1 atom stereocenters. The highest BCUT2D eigenvalue weighted by molar-refractivity contribution is 7.90. The smallest absolute Gasteiger partial charge is 0.274 e. The fourth-order valence-corrected chi connectivity index (χ4v) is 2.69. The van der Waals surface area contributed by atoms with Crippen LogP contribution in [-0.2, 0) is 20.2 Å². The van der Waals surface area contributed by atoms with Crippen molar-refractivity contribution in [3.05, 3.63) is 0 Å². The van der Waals surface area contributed by atoms with E-state index in [1.54, 1.807) is 0 Å². The molecule has 12 heavy (non-hydrogen) atoms. The Hall–Kier alpha value is -0.220. The maximum absolute atomic E-state index is 10.4. The molecular weight excluding hydrogens is 210 g/mol. The summed E-state index contributed by atoms with van der Waals surface area (Å²) in [5.41, 5.74) is 3.12. The van der Waals surface area contributed by atoms with Gasteiger partial charge in [0, 0.05) is 0 Å². The van der Waals surface area contributed by atoms with Crippen LogP contribution in [0, 0.1) is 0 Å². The molecular formula is C3H10NO6S2+. The summed E-state index contributed by atoms with van der Waals surface area (Å²) in [6, 6.07) is 0. The van der Waals surface area contributed by atoms with Crippen molar-refractivity contribution in [3.8, 4) is 0 Å². The predicted molar refractivity (Wildman–Crippen MR) is 39.5 cm³/mol. The first-order valence-corrected chi connectivity index (χ1v) is 5.99. The zero-order valence-corrected chi connectivity index (χ0v) is 7.68. The van der Waals surface area contributed by atoms with Crippen LogP contribution in [0.3, 0.4) is 0 Å². The van der Waals surface area contributed by atoms with Crippen LogP contribution in [-0.4, -0.2) is 43.5 Å². The van der Waals surface area contributed by atoms with Crippen molar-refractivity contribution in [1.82, 2.24) is 0 Å². The van der Waals surface area contributed by atoms with Crippen molar-refractivity contribution in [2.75, 3.05) is 12.3 Å². The highest BCUT2D eigenvalue weighted by Crippen LogP contribution is 1.99. The third kappa shape index (κ3) is 4.62. The average molecular weight is 220 g/mol. The molecule has 0 radical (unpaired) electrons. The van der Waals surface area contributed by atoms with Gasteiger partial charge < -0.3 is 5.73 Å². The Morgan fingerprint density at radius 1 is 1.17 bits per heavy atom. The molecule has 0 saturated carbocycles. The summed E-state index contributed by atoms with van der Waals surface area (Å²) in [5.74, 6) is -1.03. The van der Waals surface area contributed by atoms with Crippen molar-refractivity contribution in [3.63, 3.8) is 0 Å². The summed E-state index contributed by atoms with van der Waals surface area (Å²) in [6.45, 7) is -0.321. The van der Waals surface area contributed by atoms with E-state index in [2.05, 4.69) is 5.73 Å². The highest BCUT2D eigenvalue weighted by atomic mass is 32.2. The summed E-state index contributed by atoms with van der Waals surface area (Å²) < 4.78 is 57.8. The molecule has 0 aliphatic rings. The minimum absolute atomic E-state index is 0.321. The van der Waals surface area contributed by atoms with Gasteiger partial charge in [0.1, 0.15) is 5.75 Å². The zero-order valence-electron chi connectivity index (χ0n) is 6.04. The molecule has 0 aromatic heterocycles. The Labute approximate surface area is 70.1 Å². The molecule has 0 aliphatic carbocycles. The lowest BCUT2D eigenvalue weighted by molar-refractivity contribution is -0.366. The second kappa shape index (κ2) is 3.66. The fourth-order valence-electron chi connectivity index (χ4n) is 0.553. The molecule has 0 aromatic carbocycles. The Balaban J connectivity index is 4.64. The molecule has 0 saturated heterocycles. The molecule has 0 aromatic rings. The van der Waals surface area contributed by atoms with E-state index in [0.29, 0.717) is 0 Å². The van der Waals surface area contributed by atoms with Gasteiger partial charge in [0.15, 0.2) is 5.25 Å². The maximum atomic E-state index is 10.4. The molecule has 0 heterocycles. The van der Waals surface area contributed by atoms with Crippen molar-refractivity contribution in [2.24, 2.45) is 0 Å². The van der Waals surface area contributed by atoms with E-state index in [-0.39, 0.29) is 6.54 Å². The van der Waals surface area contributed by atoms with Gasteiger partial charge >= 0.3 is 0 Å². The van der Waals surface area contributed by atoms with E-state index < -0.39 is 31.2 Å². The SMILES string of the molecule is [NH3+]CC(CS(=O)(=O)O)S(=O)(=O)O. The van der Waals surface area contributed by atoms with E-state index in [9.17, 15) is 16.8 Å². The first-order chi connectivity index (χ1) is 5.17. The Bertz CT molecular complexity index is 328. The molecule has 0 fully saturated rings. The first kappa shape index (κ1) is 11.8. The minimum atomic E-state index is -4.45. The quantitative estimate of drug-likeness (QED) is 0.443. The topological polar surface area (TPSA) is 136 Å². The van der Waals surface area contributed by atoms with E-state index in [0.717, 1.165) is 0 Å². The van der Waals surface area contributed by atoms with Gasteiger partial charge in [-0.1, -0.05) is 0 Å². The third-order valence-corrected chi connectivity index (χ3v) is 3.42. The molecule has 74 valence electrons. The van der Waals surface area contributed by atoms with Crippen LogP contribution >= 0.6 is 0 Å². The summed E-state index contributed by atoms with van der Waals surface area (Å²) in [6.07, 6.45) is 0. The lowest BCUT2D eigenvalue weighted by atomic mass is 10.5. The van der Waals surface area contributed by atoms with Crippen LogP contribution in [0.2, 0.25) is 0 Å². The number of rotatable bonds is 4. The standard InChI is InChI=1S/C3H9NO6S2/c4-1-3(12(8,9)10)2-11(5,6)7/h3H,1-2,4H2,(H,5,6,7)(H,8,9,10)/p+1. The van der Waals surface area contributed by atoms with Crippen molar-refractivity contribution >= 4 is 20.2 Å². The second-order valence-electron chi connectivity index (χ2n) is 2.17. The highest BCUT2D eigenvalue weighted by Gasteiger charge is 2.28. The second-order valence-corrected chi connectivity index (χ2v) is 5.37. The molecule has 0 aliphatic heterocycles. The Morgan fingerprint density at radius 2 is 1.58 bits per heavy atom. The van der Waals surface area contributed by atoms with Crippen LogP contribution in [0.25, 0.3) is 0 Å². The van der Waals surface area contributed by atoms with Crippen LogP contribution in [0.4, 0.5) is 0 Å². The van der Waals surface area contributed by atoms with E-state index in [4.69, 9.17) is 9.11 Å². The molecule has 9 heteroatoms. The lowest BCUT2D eigenvalue weighted by Crippen LogP contribution is -2.58. The summed E-state index contributed by atoms with van der Waals surface area (Å²) in [4.78, 5) is 0. The maximum Gasteiger partial charge on any atom is 0.274 e. The van der Waals surface area contributed by atoms with Gasteiger partial charge in [0.05, 0.1) is 6.54 Å². The molecule has 5 N–H and O–H groups in total. The largest absolute Gasteiger partial charge is 0.356 e. The first-order valence-electron chi connectivity index (χ1n) is 2.87. The molecule has 0 bridgehead atoms. The monoisotopic (exact) mass is 220 g/mol. The van der Waals surface area contributed by atoms with Gasteiger partial charge in [-0.2, -0.15) is 16.8 Å². The Kier molecular flexibility index (Phi) is 3.59. The third-order valence-electron chi connectivity index (χ3n) is 1.14. The van der Waals surface area contributed by atoms with E-state index in [1.165, 1.54) is 0 Å². The van der Waals surface area contributed by atoms with Crippen molar-refractivity contribution in [1.29, 1.82) is 0 Å². The van der Waals surface area contributed by atoms with Crippen LogP contribution in [0.5, 0.6) is 0 Å². The predicted octanol–water partition coefficient (Wildman–Crippen LogP) is -2.63. The van der Waals surface area contributed by atoms with Gasteiger partial charge in [-0.15, -0.1) is 0 Å². The average Bonchev–Trinajstić information content (AvgIpc) is 1.78. The van der Waals surface area contributed by atoms with Crippen LogP contribution in [0.1, 0.15) is 0 Å². The van der Waals surface area contributed by atoms with Gasteiger partial charge in [-0.25, -0.2) is 0 Å². The van der Waals surface area contributed by atoms with Crippen molar-refractivity contribution < 1.29 is 31.7 Å². The van der Waals surface area contributed by atoms with Gasteiger partial charge in [-0.3, -0.25) is 9.11 Å². The van der Waals surface area contributed by atoms with Gasteiger partial charge in [0.2, 0.25) is 0 Å². The number of hydrogen-bond donors (Lipinski definition) is 3. The zero-order chi connectivity index (χ0) is 9.99. The van der Waals surface area contributed by atoms with Crippen LogP contribution < -0.4 is 5.73 Å². The molecule has 0 amide bonds. The molecule has 1 unspecified atom stereocenters. The minimum Gasteiger partial charge on any atom is -0.356 e. The number of quaternary nitrogens is 1. The molecule has 0 rings (SSSR count). The Morgan fingerprint density at radius 3 is 1.67 bits per heavy atom. The summed E-state index contributed by atoms with van der Waals surface area (Å²) >= 11 is 0. The van der Waals surface area contributed by atoms with E-state index in [1.807, 2.05) is 0 Å². The van der Waals surface area contributed by atoms with Gasteiger partial charge in [-0.05, 0) is 0 Å². The number of hydrogen-bond acceptors (Lipinski definition) is 4. The summed E-state index contributed by atoms with van der Waals surface area (Å²) in [5, 5.41) is -1.56. The summed E-state index contributed by atoms with van der Waals surface area (Å²) in [7, 11) is -8.85. The fraction of sp³-hybridized carbons (Fsp3) is 1.00. The molecule has 7 nitrogen and oxygen atoms in total. The molecule has 0 spiro atoms. The van der Waals surface area contributed by atoms with Crippen LogP contribution in [0.15, 0.2) is 0 Å².